The number of hydrogen-bond donors (Lipinski definition) is 2. The molecule has 5 aromatic rings. The van der Waals surface area contributed by atoms with Crippen molar-refractivity contribution in [1.29, 1.82) is 0 Å². The lowest BCUT2D eigenvalue weighted by Crippen LogP contribution is -2.40. The van der Waals surface area contributed by atoms with Crippen molar-refractivity contribution in [3.05, 3.63) is 98.0 Å². The van der Waals surface area contributed by atoms with Crippen LogP contribution in [0.3, 0.4) is 0 Å². The lowest BCUT2D eigenvalue weighted by atomic mass is 10.1. The van der Waals surface area contributed by atoms with Crippen molar-refractivity contribution < 1.29 is 9.53 Å². The van der Waals surface area contributed by atoms with Gasteiger partial charge in [0.15, 0.2) is 11.4 Å². The first kappa shape index (κ1) is 27.8. The Balaban J connectivity index is 1.40. The number of hydrogen-bond acceptors (Lipinski definition) is 8. The van der Waals surface area contributed by atoms with Gasteiger partial charge in [-0.1, -0.05) is 30.7 Å². The average Bonchev–Trinajstić information content (AvgIpc) is 3.44. The van der Waals surface area contributed by atoms with Crippen LogP contribution in [0.5, 0.6) is 5.75 Å². The molecule has 0 radical (unpaired) electrons. The lowest BCUT2D eigenvalue weighted by molar-refractivity contribution is 0.101. The summed E-state index contributed by atoms with van der Waals surface area (Å²) in [6, 6.07) is 14.3. The summed E-state index contributed by atoms with van der Waals surface area (Å²) in [7, 11) is 1.61. The number of aromatic amines is 1. The van der Waals surface area contributed by atoms with Crippen LogP contribution in [0, 0.1) is 0 Å². The number of anilines is 1. The highest BCUT2D eigenvalue weighted by atomic mass is 35.5. The molecule has 4 heterocycles. The van der Waals surface area contributed by atoms with Crippen molar-refractivity contribution in [3.8, 4) is 17.1 Å². The number of aryl methyl sites for hydroxylation is 2. The fraction of sp³-hybridized carbons (Fsp3) is 0.241. The number of imidazole rings is 1. The molecule has 0 fully saturated rings. The Hall–Kier alpha value is -4.77. The number of rotatable bonds is 11. The Morgan fingerprint density at radius 2 is 1.80 bits per heavy atom. The molecule has 0 amide bonds. The number of H-pyrrole nitrogens is 1. The number of benzene rings is 1. The summed E-state index contributed by atoms with van der Waals surface area (Å²) in [5.74, 6) is 1.49. The molecular weight excluding hydrogens is 546 g/mol. The van der Waals surface area contributed by atoms with Gasteiger partial charge >= 0.3 is 5.69 Å². The van der Waals surface area contributed by atoms with Gasteiger partial charge in [-0.3, -0.25) is 18.7 Å². The van der Waals surface area contributed by atoms with E-state index in [1.54, 1.807) is 37.6 Å². The van der Waals surface area contributed by atoms with Crippen LogP contribution >= 0.6 is 11.6 Å². The zero-order valence-corrected chi connectivity index (χ0v) is 23.3. The molecule has 0 aliphatic heterocycles. The first-order valence-corrected chi connectivity index (χ1v) is 13.5. The van der Waals surface area contributed by atoms with Gasteiger partial charge in [-0.05, 0) is 54.8 Å². The van der Waals surface area contributed by atoms with Crippen LogP contribution in [0.15, 0.2) is 70.5 Å². The highest BCUT2D eigenvalue weighted by Gasteiger charge is 2.18. The smallest absolute Gasteiger partial charge is 0.332 e. The number of carbonyl (C=O) groups is 1. The van der Waals surface area contributed by atoms with Gasteiger partial charge in [-0.15, -0.1) is 0 Å². The third-order valence-corrected chi connectivity index (χ3v) is 6.83. The molecule has 0 aliphatic rings. The molecule has 1 aromatic carbocycles. The molecule has 41 heavy (non-hydrogen) atoms. The van der Waals surface area contributed by atoms with Gasteiger partial charge in [-0.2, -0.15) is 0 Å². The normalized spacial score (nSPS) is 11.1. The maximum Gasteiger partial charge on any atom is 0.332 e. The Labute approximate surface area is 239 Å². The quantitative estimate of drug-likeness (QED) is 0.179. The molecule has 12 heteroatoms. The molecular formula is C29H28ClN7O4. The molecule has 210 valence electrons. The van der Waals surface area contributed by atoms with Gasteiger partial charge in [-0.25, -0.2) is 19.7 Å². The Bertz CT molecular complexity index is 1790. The third-order valence-electron chi connectivity index (χ3n) is 6.61. The maximum atomic E-state index is 13.3. The highest BCUT2D eigenvalue weighted by molar-refractivity contribution is 6.29. The number of methoxy groups -OCH3 is 1. The van der Waals surface area contributed by atoms with Gasteiger partial charge in [0.05, 0.1) is 13.7 Å². The number of carbonyl (C=O) groups excluding carboxylic acids is 1. The molecule has 4 aromatic heterocycles. The topological polar surface area (TPSA) is 137 Å². The van der Waals surface area contributed by atoms with E-state index in [1.165, 1.54) is 15.3 Å². The minimum atomic E-state index is -0.409. The maximum absolute atomic E-state index is 13.3. The molecule has 0 bridgehead atoms. The second-order valence-corrected chi connectivity index (χ2v) is 9.74. The second-order valence-electron chi connectivity index (χ2n) is 9.35. The molecule has 0 spiro atoms. The van der Waals surface area contributed by atoms with Crippen molar-refractivity contribution in [1.82, 2.24) is 29.1 Å². The number of fused-ring (bicyclic) bond motifs is 1. The predicted octanol–water partition coefficient (Wildman–Crippen LogP) is 3.95. The van der Waals surface area contributed by atoms with Gasteiger partial charge in [0.2, 0.25) is 0 Å². The summed E-state index contributed by atoms with van der Waals surface area (Å²) in [5, 5.41) is 3.31. The van der Waals surface area contributed by atoms with E-state index in [0.29, 0.717) is 59.5 Å². The zero-order valence-electron chi connectivity index (χ0n) is 22.6. The van der Waals surface area contributed by atoms with Crippen LogP contribution in [-0.2, 0) is 19.5 Å². The Morgan fingerprint density at radius 1 is 1.00 bits per heavy atom. The largest absolute Gasteiger partial charge is 0.497 e. The number of ketones is 1. The standard InChI is InChI=1S/C29H28ClN7O4/c1-3-13-37-28(39)25-27(36(29(37)40)14-12-18-4-8-21(41-2)9-5-18)35-26(34-25)20-7-11-24(32-16-20)33-17-22(38)19-6-10-23(30)31-15-19/h4-11,15-16H,3,12-14,17H2,1-2H3,(H,32,33)(H,34,35). The van der Waals surface area contributed by atoms with Crippen molar-refractivity contribution in [2.45, 2.75) is 32.9 Å². The monoisotopic (exact) mass is 573 g/mol. The summed E-state index contributed by atoms with van der Waals surface area (Å²) < 4.78 is 8.01. The number of nitrogens with one attached hydrogen (secondary N) is 2. The van der Waals surface area contributed by atoms with E-state index in [9.17, 15) is 14.4 Å². The summed E-state index contributed by atoms with van der Waals surface area (Å²) in [6.07, 6.45) is 4.21. The molecule has 5 rings (SSSR count). The molecule has 0 aliphatic carbocycles. The number of halogens is 1. The van der Waals surface area contributed by atoms with Crippen LogP contribution in [-0.4, -0.2) is 48.5 Å². The summed E-state index contributed by atoms with van der Waals surface area (Å²) in [5.41, 5.74) is 1.82. The number of pyridine rings is 2. The minimum absolute atomic E-state index is 0.0255. The Kier molecular flexibility index (Phi) is 8.25. The number of aromatic nitrogens is 6. The van der Waals surface area contributed by atoms with Crippen molar-refractivity contribution in [3.63, 3.8) is 0 Å². The van der Waals surface area contributed by atoms with Crippen LogP contribution in [0.25, 0.3) is 22.6 Å². The van der Waals surface area contributed by atoms with E-state index in [1.807, 2.05) is 31.2 Å². The van der Waals surface area contributed by atoms with Gasteiger partial charge in [0, 0.05) is 36.6 Å². The lowest BCUT2D eigenvalue weighted by Gasteiger charge is -2.11. The van der Waals surface area contributed by atoms with E-state index in [0.717, 1.165) is 11.3 Å². The summed E-state index contributed by atoms with van der Waals surface area (Å²) in [4.78, 5) is 55.0. The predicted molar refractivity (Wildman–Crippen MR) is 157 cm³/mol. The van der Waals surface area contributed by atoms with Gasteiger partial charge in [0.1, 0.15) is 28.1 Å². The molecule has 11 nitrogen and oxygen atoms in total. The third kappa shape index (κ3) is 6.04. The van der Waals surface area contributed by atoms with Crippen molar-refractivity contribution >= 4 is 34.4 Å². The van der Waals surface area contributed by atoms with E-state index < -0.39 is 11.2 Å². The van der Waals surface area contributed by atoms with Crippen molar-refractivity contribution in [2.75, 3.05) is 19.0 Å². The van der Waals surface area contributed by atoms with Gasteiger partial charge < -0.3 is 15.0 Å². The number of nitrogens with zero attached hydrogens (tertiary/aromatic N) is 5. The Morgan fingerprint density at radius 3 is 2.46 bits per heavy atom. The van der Waals surface area contributed by atoms with E-state index >= 15 is 0 Å². The second kappa shape index (κ2) is 12.2. The number of ether oxygens (including phenoxy) is 1. The molecule has 0 saturated heterocycles. The van der Waals surface area contributed by atoms with Crippen LogP contribution in [0.2, 0.25) is 5.15 Å². The average molecular weight is 574 g/mol. The van der Waals surface area contributed by atoms with Crippen LogP contribution in [0.1, 0.15) is 29.3 Å². The summed E-state index contributed by atoms with van der Waals surface area (Å²) >= 11 is 5.78. The van der Waals surface area contributed by atoms with Crippen molar-refractivity contribution in [2.24, 2.45) is 0 Å². The first-order chi connectivity index (χ1) is 19.9. The fourth-order valence-electron chi connectivity index (χ4n) is 4.41. The van der Waals surface area contributed by atoms with E-state index in [2.05, 4.69) is 25.3 Å². The SMILES string of the molecule is CCCn1c(=O)c2[nH]c(-c3ccc(NCC(=O)c4ccc(Cl)nc4)nc3)nc2n(CCc2ccc(OC)cc2)c1=O. The minimum Gasteiger partial charge on any atom is -0.497 e. The molecule has 0 unspecified atom stereocenters. The van der Waals surface area contributed by atoms with E-state index in [-0.39, 0.29) is 17.8 Å². The number of Topliss-reactive ketones (excluding diaryl/α,β-unsaturated/α-hetero) is 1. The van der Waals surface area contributed by atoms with Crippen LogP contribution in [0.4, 0.5) is 5.82 Å². The fourth-order valence-corrected chi connectivity index (χ4v) is 4.52. The highest BCUT2D eigenvalue weighted by Crippen LogP contribution is 2.20. The molecule has 2 N–H and O–H groups in total. The molecule has 0 atom stereocenters. The van der Waals surface area contributed by atoms with Gasteiger partial charge in [0.25, 0.3) is 5.56 Å². The van der Waals surface area contributed by atoms with E-state index in [4.69, 9.17) is 16.3 Å². The zero-order chi connectivity index (χ0) is 28.9. The first-order valence-electron chi connectivity index (χ1n) is 13.1. The molecule has 0 saturated carbocycles. The van der Waals surface area contributed by atoms with Crippen LogP contribution < -0.4 is 21.3 Å². The summed E-state index contributed by atoms with van der Waals surface area (Å²) in [6.45, 7) is 2.58.